The lowest BCUT2D eigenvalue weighted by atomic mass is 10.2. The number of fused-ring (bicyclic) bond motifs is 1. The van der Waals surface area contributed by atoms with Gasteiger partial charge in [-0.25, -0.2) is 9.78 Å². The first-order valence-corrected chi connectivity index (χ1v) is 10.6. The highest BCUT2D eigenvalue weighted by atomic mass is 32.1. The fraction of sp³-hybridized carbons (Fsp3) is 0.364. The van der Waals surface area contributed by atoms with Gasteiger partial charge in [0.05, 0.1) is 5.69 Å². The van der Waals surface area contributed by atoms with E-state index >= 15 is 0 Å². The molecule has 3 heterocycles. The number of carbonyl (C=O) groups excluding carboxylic acids is 1. The number of carbonyl (C=O) groups is 1. The maximum Gasteiger partial charge on any atom is 0.331 e. The lowest BCUT2D eigenvalue weighted by molar-refractivity contribution is -0.148. The van der Waals surface area contributed by atoms with Crippen molar-refractivity contribution in [1.82, 2.24) is 14.4 Å². The van der Waals surface area contributed by atoms with Crippen LogP contribution in [-0.2, 0) is 16.1 Å². The SMILES string of the molecule is CC(C)c1csc(COc2ccn3c(=O)c(C=CC(=O)OC(C)(C)C)c(O)nc3c2)n1. The van der Waals surface area contributed by atoms with Gasteiger partial charge in [0.15, 0.2) is 0 Å². The summed E-state index contributed by atoms with van der Waals surface area (Å²) in [6.45, 7) is 9.66. The molecule has 0 aliphatic heterocycles. The van der Waals surface area contributed by atoms with E-state index in [4.69, 9.17) is 9.47 Å². The molecule has 0 bridgehead atoms. The van der Waals surface area contributed by atoms with Crippen LogP contribution < -0.4 is 10.3 Å². The molecule has 164 valence electrons. The van der Waals surface area contributed by atoms with Gasteiger partial charge in [-0.15, -0.1) is 11.3 Å². The third kappa shape index (κ3) is 5.69. The Morgan fingerprint density at radius 3 is 2.71 bits per heavy atom. The summed E-state index contributed by atoms with van der Waals surface area (Å²) in [4.78, 5) is 33.1. The van der Waals surface area contributed by atoms with E-state index in [9.17, 15) is 14.7 Å². The number of aromatic hydroxyl groups is 1. The van der Waals surface area contributed by atoms with E-state index in [1.54, 1.807) is 32.9 Å². The Hall–Kier alpha value is -3.20. The summed E-state index contributed by atoms with van der Waals surface area (Å²) in [6, 6.07) is 3.19. The zero-order valence-electron chi connectivity index (χ0n) is 18.1. The summed E-state index contributed by atoms with van der Waals surface area (Å²) < 4.78 is 12.2. The van der Waals surface area contributed by atoms with Crippen molar-refractivity contribution < 1.29 is 19.4 Å². The molecule has 0 aliphatic rings. The van der Waals surface area contributed by atoms with Crippen molar-refractivity contribution in [1.29, 1.82) is 0 Å². The Labute approximate surface area is 183 Å². The molecular weight excluding hydrogens is 418 g/mol. The van der Waals surface area contributed by atoms with E-state index in [1.807, 2.05) is 5.38 Å². The Morgan fingerprint density at radius 1 is 1.32 bits per heavy atom. The molecule has 3 aromatic heterocycles. The van der Waals surface area contributed by atoms with Crippen molar-refractivity contribution in [3.63, 3.8) is 0 Å². The highest BCUT2D eigenvalue weighted by Gasteiger charge is 2.15. The summed E-state index contributed by atoms with van der Waals surface area (Å²) in [5, 5.41) is 13.1. The van der Waals surface area contributed by atoms with Crippen LogP contribution in [-0.4, -0.2) is 31.0 Å². The fourth-order valence-electron chi connectivity index (χ4n) is 2.65. The Morgan fingerprint density at radius 2 is 2.06 bits per heavy atom. The van der Waals surface area contributed by atoms with Gasteiger partial charge >= 0.3 is 5.97 Å². The molecule has 0 spiro atoms. The molecule has 0 amide bonds. The van der Waals surface area contributed by atoms with Crippen LogP contribution in [0.15, 0.2) is 34.6 Å². The summed E-state index contributed by atoms with van der Waals surface area (Å²) in [6.07, 6.45) is 3.79. The average Bonchev–Trinajstić information content (AvgIpc) is 3.14. The van der Waals surface area contributed by atoms with Crippen molar-refractivity contribution >= 4 is 29.0 Å². The second-order valence-corrected chi connectivity index (χ2v) is 9.16. The lowest BCUT2D eigenvalue weighted by Gasteiger charge is -2.17. The number of hydrogen-bond donors (Lipinski definition) is 1. The number of nitrogens with zero attached hydrogens (tertiary/aromatic N) is 3. The van der Waals surface area contributed by atoms with E-state index in [1.165, 1.54) is 28.0 Å². The molecule has 0 unspecified atom stereocenters. The third-order valence-electron chi connectivity index (χ3n) is 4.13. The van der Waals surface area contributed by atoms with Crippen LogP contribution in [0.2, 0.25) is 0 Å². The molecule has 0 saturated carbocycles. The molecule has 8 nitrogen and oxygen atoms in total. The van der Waals surface area contributed by atoms with Crippen LogP contribution in [0.5, 0.6) is 11.6 Å². The first kappa shape index (κ1) is 22.5. The summed E-state index contributed by atoms with van der Waals surface area (Å²) in [5.41, 5.74) is -0.0500. The largest absolute Gasteiger partial charge is 0.493 e. The second-order valence-electron chi connectivity index (χ2n) is 8.22. The molecule has 0 saturated heterocycles. The number of aromatic nitrogens is 3. The first-order chi connectivity index (χ1) is 14.5. The number of thiazole rings is 1. The number of pyridine rings is 1. The number of hydrogen-bond acceptors (Lipinski definition) is 8. The highest BCUT2D eigenvalue weighted by molar-refractivity contribution is 7.09. The fourth-order valence-corrected chi connectivity index (χ4v) is 3.51. The number of rotatable bonds is 6. The van der Waals surface area contributed by atoms with E-state index in [2.05, 4.69) is 23.8 Å². The summed E-state index contributed by atoms with van der Waals surface area (Å²) in [7, 11) is 0. The minimum Gasteiger partial charge on any atom is -0.493 e. The molecule has 9 heteroatoms. The lowest BCUT2D eigenvalue weighted by Crippen LogP contribution is -2.22. The van der Waals surface area contributed by atoms with Gasteiger partial charge in [0.25, 0.3) is 5.56 Å². The smallest absolute Gasteiger partial charge is 0.331 e. The van der Waals surface area contributed by atoms with Crippen LogP contribution in [0.4, 0.5) is 0 Å². The van der Waals surface area contributed by atoms with Crippen molar-refractivity contribution in [3.8, 4) is 11.6 Å². The van der Waals surface area contributed by atoms with Crippen molar-refractivity contribution in [3.05, 3.63) is 56.4 Å². The van der Waals surface area contributed by atoms with Gasteiger partial charge in [-0.2, -0.15) is 4.98 Å². The molecular formula is C22H25N3O5S. The van der Waals surface area contributed by atoms with Crippen molar-refractivity contribution in [2.24, 2.45) is 0 Å². The predicted molar refractivity (Wildman–Crippen MR) is 119 cm³/mol. The Kier molecular flexibility index (Phi) is 6.45. The zero-order chi connectivity index (χ0) is 22.8. The minimum absolute atomic E-state index is 0.110. The zero-order valence-corrected chi connectivity index (χ0v) is 18.9. The molecule has 0 aliphatic carbocycles. The van der Waals surface area contributed by atoms with Gasteiger partial charge < -0.3 is 14.6 Å². The number of esters is 1. The van der Waals surface area contributed by atoms with Crippen LogP contribution in [0.3, 0.4) is 0 Å². The van der Waals surface area contributed by atoms with Crippen molar-refractivity contribution in [2.45, 2.75) is 52.7 Å². The van der Waals surface area contributed by atoms with Crippen LogP contribution in [0, 0.1) is 0 Å². The van der Waals surface area contributed by atoms with Gasteiger partial charge in [0, 0.05) is 23.7 Å². The molecule has 0 atom stereocenters. The normalized spacial score (nSPS) is 12.1. The van der Waals surface area contributed by atoms with Gasteiger partial charge in [-0.05, 0) is 38.8 Å². The maximum atomic E-state index is 12.7. The standard InChI is InChI=1S/C22H25N3O5S/c1-13(2)16-12-31-18(23-16)11-29-14-8-9-25-17(10-14)24-20(27)15(21(25)28)6-7-19(26)30-22(3,4)5/h6-10,12-13,27H,11H2,1-5H3. The average molecular weight is 444 g/mol. The Bertz CT molecular complexity index is 1190. The first-order valence-electron chi connectivity index (χ1n) is 9.77. The minimum atomic E-state index is -0.661. The molecule has 3 rings (SSSR count). The van der Waals surface area contributed by atoms with Crippen LogP contribution in [0.25, 0.3) is 11.7 Å². The maximum absolute atomic E-state index is 12.7. The van der Waals surface area contributed by atoms with Crippen LogP contribution in [0.1, 0.15) is 56.8 Å². The van der Waals surface area contributed by atoms with E-state index < -0.39 is 23.0 Å². The monoisotopic (exact) mass is 443 g/mol. The molecule has 0 aromatic carbocycles. The van der Waals surface area contributed by atoms with E-state index in [-0.39, 0.29) is 11.2 Å². The van der Waals surface area contributed by atoms with Gasteiger partial charge in [-0.3, -0.25) is 9.20 Å². The molecule has 0 fully saturated rings. The summed E-state index contributed by atoms with van der Waals surface area (Å²) >= 11 is 1.53. The topological polar surface area (TPSA) is 103 Å². The quantitative estimate of drug-likeness (QED) is 0.455. The van der Waals surface area contributed by atoms with E-state index in [0.717, 1.165) is 16.8 Å². The van der Waals surface area contributed by atoms with Gasteiger partial charge in [0.1, 0.15) is 34.2 Å². The van der Waals surface area contributed by atoms with Gasteiger partial charge in [-0.1, -0.05) is 13.8 Å². The molecule has 1 N–H and O–H groups in total. The third-order valence-corrected chi connectivity index (χ3v) is 4.97. The molecule has 0 radical (unpaired) electrons. The second kappa shape index (κ2) is 8.89. The number of ether oxygens (including phenoxy) is 2. The predicted octanol–water partition coefficient (Wildman–Crippen LogP) is 3.91. The van der Waals surface area contributed by atoms with Crippen molar-refractivity contribution in [2.75, 3.05) is 0 Å². The highest BCUT2D eigenvalue weighted by Crippen LogP contribution is 2.21. The van der Waals surface area contributed by atoms with Crippen LogP contribution >= 0.6 is 11.3 Å². The Balaban J connectivity index is 1.80. The molecule has 31 heavy (non-hydrogen) atoms. The van der Waals surface area contributed by atoms with Gasteiger partial charge in [0.2, 0.25) is 5.88 Å². The molecule has 3 aromatic rings. The van der Waals surface area contributed by atoms with E-state index in [0.29, 0.717) is 18.3 Å². The summed E-state index contributed by atoms with van der Waals surface area (Å²) in [5.74, 6) is -0.264.